The lowest BCUT2D eigenvalue weighted by Crippen LogP contribution is -2.51. The van der Waals surface area contributed by atoms with Crippen LogP contribution in [0.2, 0.25) is 0 Å². The standard InChI is InChI=1S/C26H32F3N5O2/c1-32-14-15-33(18-25(32)36)17-24(35)30-16-19-2-4-21(5-3-19)31-22-6-8-23(9-7-22)34-12-10-20(11-13-34)26(27,28)29/h2-9,20,31H,10-18H2,1H3,(H,30,35). The molecule has 2 aromatic rings. The molecule has 2 heterocycles. The quantitative estimate of drug-likeness (QED) is 0.605. The van der Waals surface area contributed by atoms with Crippen molar-refractivity contribution < 1.29 is 22.8 Å². The molecule has 0 unspecified atom stereocenters. The second kappa shape index (κ2) is 11.2. The maximum absolute atomic E-state index is 12.9. The third-order valence-electron chi connectivity index (χ3n) is 6.83. The molecule has 0 radical (unpaired) electrons. The van der Waals surface area contributed by atoms with Gasteiger partial charge in [0.2, 0.25) is 11.8 Å². The van der Waals surface area contributed by atoms with Crippen LogP contribution in [-0.2, 0) is 16.1 Å². The summed E-state index contributed by atoms with van der Waals surface area (Å²) in [7, 11) is 1.77. The molecule has 7 nitrogen and oxygen atoms in total. The predicted molar refractivity (Wildman–Crippen MR) is 133 cm³/mol. The van der Waals surface area contributed by atoms with Crippen molar-refractivity contribution in [1.29, 1.82) is 0 Å². The monoisotopic (exact) mass is 503 g/mol. The number of halogens is 3. The minimum absolute atomic E-state index is 0.0253. The Morgan fingerprint density at radius 3 is 2.14 bits per heavy atom. The highest BCUT2D eigenvalue weighted by Crippen LogP contribution is 2.35. The molecule has 0 aromatic heterocycles. The number of hydrogen-bond donors (Lipinski definition) is 2. The molecule has 2 aromatic carbocycles. The van der Waals surface area contributed by atoms with E-state index < -0.39 is 12.1 Å². The lowest BCUT2D eigenvalue weighted by molar-refractivity contribution is -0.179. The van der Waals surface area contributed by atoms with Gasteiger partial charge in [-0.15, -0.1) is 0 Å². The minimum Gasteiger partial charge on any atom is -0.372 e. The highest BCUT2D eigenvalue weighted by molar-refractivity contribution is 5.81. The molecule has 0 aliphatic carbocycles. The van der Waals surface area contributed by atoms with E-state index in [9.17, 15) is 22.8 Å². The first kappa shape index (κ1) is 25.8. The number of nitrogens with zero attached hydrogens (tertiary/aromatic N) is 3. The zero-order valence-electron chi connectivity index (χ0n) is 20.4. The number of anilines is 3. The average Bonchev–Trinajstić information content (AvgIpc) is 2.86. The van der Waals surface area contributed by atoms with Crippen LogP contribution >= 0.6 is 0 Å². The zero-order chi connectivity index (χ0) is 25.7. The largest absolute Gasteiger partial charge is 0.391 e. The maximum Gasteiger partial charge on any atom is 0.391 e. The van der Waals surface area contributed by atoms with E-state index in [0.717, 1.165) is 22.6 Å². The predicted octanol–water partition coefficient (Wildman–Crippen LogP) is 3.60. The van der Waals surface area contributed by atoms with Crippen molar-refractivity contribution in [1.82, 2.24) is 15.1 Å². The van der Waals surface area contributed by atoms with Gasteiger partial charge in [-0.05, 0) is 54.8 Å². The van der Waals surface area contributed by atoms with Gasteiger partial charge in [0.1, 0.15) is 0 Å². The van der Waals surface area contributed by atoms with Gasteiger partial charge in [-0.3, -0.25) is 14.5 Å². The smallest absolute Gasteiger partial charge is 0.372 e. The van der Waals surface area contributed by atoms with Gasteiger partial charge in [-0.1, -0.05) is 12.1 Å². The molecule has 2 aliphatic rings. The van der Waals surface area contributed by atoms with E-state index in [-0.39, 0.29) is 37.7 Å². The van der Waals surface area contributed by atoms with E-state index in [0.29, 0.717) is 32.7 Å². The number of hydrogen-bond acceptors (Lipinski definition) is 5. The molecule has 2 saturated heterocycles. The Balaban J connectivity index is 1.21. The molecule has 0 bridgehead atoms. The summed E-state index contributed by atoms with van der Waals surface area (Å²) >= 11 is 0. The molecule has 194 valence electrons. The van der Waals surface area contributed by atoms with Crippen molar-refractivity contribution >= 4 is 28.9 Å². The van der Waals surface area contributed by atoms with E-state index >= 15 is 0 Å². The number of carbonyl (C=O) groups excluding carboxylic acids is 2. The molecule has 2 amide bonds. The number of amides is 2. The van der Waals surface area contributed by atoms with Crippen LogP contribution in [0.1, 0.15) is 18.4 Å². The van der Waals surface area contributed by atoms with E-state index in [1.807, 2.05) is 58.3 Å². The summed E-state index contributed by atoms with van der Waals surface area (Å²) in [5.74, 6) is -1.29. The molecular weight excluding hydrogens is 471 g/mol. The van der Waals surface area contributed by atoms with Crippen LogP contribution in [-0.4, -0.2) is 74.1 Å². The van der Waals surface area contributed by atoms with Gasteiger partial charge in [-0.25, -0.2) is 0 Å². The Morgan fingerprint density at radius 2 is 1.56 bits per heavy atom. The summed E-state index contributed by atoms with van der Waals surface area (Å²) < 4.78 is 38.7. The number of rotatable bonds is 7. The second-order valence-electron chi connectivity index (χ2n) is 9.47. The number of likely N-dealkylation sites (N-methyl/N-ethyl adjacent to an activating group) is 1. The SMILES string of the molecule is CN1CCN(CC(=O)NCc2ccc(Nc3ccc(N4CCC(C(F)(F)F)CC4)cc3)cc2)CC1=O. The fourth-order valence-corrected chi connectivity index (χ4v) is 4.49. The van der Waals surface area contributed by atoms with Gasteiger partial charge < -0.3 is 20.4 Å². The highest BCUT2D eigenvalue weighted by Gasteiger charge is 2.41. The van der Waals surface area contributed by atoms with Crippen molar-refractivity contribution in [2.75, 3.05) is 56.5 Å². The fraction of sp³-hybridized carbons (Fsp3) is 0.462. The third-order valence-corrected chi connectivity index (χ3v) is 6.83. The molecule has 10 heteroatoms. The fourth-order valence-electron chi connectivity index (χ4n) is 4.49. The van der Waals surface area contributed by atoms with Gasteiger partial charge in [0.15, 0.2) is 0 Å². The van der Waals surface area contributed by atoms with Crippen LogP contribution in [0.15, 0.2) is 48.5 Å². The Morgan fingerprint density at radius 1 is 0.944 bits per heavy atom. The number of benzene rings is 2. The molecule has 2 fully saturated rings. The molecule has 0 saturated carbocycles. The van der Waals surface area contributed by atoms with E-state index in [1.54, 1.807) is 11.9 Å². The normalized spacial score (nSPS) is 17.8. The van der Waals surface area contributed by atoms with Gasteiger partial charge >= 0.3 is 6.18 Å². The number of carbonyl (C=O) groups is 2. The van der Waals surface area contributed by atoms with Gasteiger partial charge in [0, 0.05) is 56.8 Å². The summed E-state index contributed by atoms with van der Waals surface area (Å²) in [6.45, 7) is 3.00. The van der Waals surface area contributed by atoms with Gasteiger partial charge in [0.05, 0.1) is 19.0 Å². The molecule has 2 N–H and O–H groups in total. The summed E-state index contributed by atoms with van der Waals surface area (Å²) in [4.78, 5) is 29.5. The molecule has 0 atom stereocenters. The maximum atomic E-state index is 12.9. The Hall–Kier alpha value is -3.27. The van der Waals surface area contributed by atoms with E-state index in [2.05, 4.69) is 10.6 Å². The average molecular weight is 504 g/mol. The molecule has 0 spiro atoms. The van der Waals surface area contributed by atoms with Crippen LogP contribution in [0.4, 0.5) is 30.2 Å². The second-order valence-corrected chi connectivity index (χ2v) is 9.47. The first-order valence-corrected chi connectivity index (χ1v) is 12.2. The summed E-state index contributed by atoms with van der Waals surface area (Å²) in [6, 6.07) is 15.4. The van der Waals surface area contributed by atoms with Crippen molar-refractivity contribution in [3.63, 3.8) is 0 Å². The van der Waals surface area contributed by atoms with Crippen molar-refractivity contribution in [3.05, 3.63) is 54.1 Å². The minimum atomic E-state index is -4.10. The topological polar surface area (TPSA) is 67.9 Å². The van der Waals surface area contributed by atoms with Crippen LogP contribution in [0.25, 0.3) is 0 Å². The lowest BCUT2D eigenvalue weighted by Gasteiger charge is -2.34. The number of nitrogens with one attached hydrogen (secondary N) is 2. The Kier molecular flexibility index (Phi) is 8.03. The summed E-state index contributed by atoms with van der Waals surface area (Å²) in [5.41, 5.74) is 3.65. The number of piperazine rings is 1. The van der Waals surface area contributed by atoms with Gasteiger partial charge in [-0.2, -0.15) is 13.2 Å². The summed E-state index contributed by atoms with van der Waals surface area (Å²) in [6.07, 6.45) is -3.84. The lowest BCUT2D eigenvalue weighted by atomic mass is 9.96. The van der Waals surface area contributed by atoms with Crippen LogP contribution < -0.4 is 15.5 Å². The highest BCUT2D eigenvalue weighted by atomic mass is 19.4. The van der Waals surface area contributed by atoms with Crippen LogP contribution in [0.3, 0.4) is 0 Å². The summed E-state index contributed by atoms with van der Waals surface area (Å²) in [5, 5.41) is 6.21. The van der Waals surface area contributed by atoms with E-state index in [1.165, 1.54) is 0 Å². The Bertz CT molecular complexity index is 1040. The molecule has 36 heavy (non-hydrogen) atoms. The Labute approximate surface area is 209 Å². The van der Waals surface area contributed by atoms with Crippen molar-refractivity contribution in [2.45, 2.75) is 25.6 Å². The number of piperidine rings is 1. The van der Waals surface area contributed by atoms with Crippen molar-refractivity contribution in [3.8, 4) is 0 Å². The van der Waals surface area contributed by atoms with E-state index in [4.69, 9.17) is 0 Å². The van der Waals surface area contributed by atoms with Crippen LogP contribution in [0.5, 0.6) is 0 Å². The van der Waals surface area contributed by atoms with Crippen molar-refractivity contribution in [2.24, 2.45) is 5.92 Å². The zero-order valence-corrected chi connectivity index (χ0v) is 20.4. The first-order chi connectivity index (χ1) is 17.2. The van der Waals surface area contributed by atoms with Gasteiger partial charge in [0.25, 0.3) is 0 Å². The molecule has 2 aliphatic heterocycles. The molecular formula is C26H32F3N5O2. The third kappa shape index (κ3) is 6.90. The van der Waals surface area contributed by atoms with Crippen LogP contribution in [0, 0.1) is 5.92 Å². The first-order valence-electron chi connectivity index (χ1n) is 12.2. The molecule has 4 rings (SSSR count). The number of alkyl halides is 3.